The number of methoxy groups -OCH3 is 1. The first kappa shape index (κ1) is 18.2. The Bertz CT molecular complexity index is 741. The normalized spacial score (nSPS) is 15.1. The van der Waals surface area contributed by atoms with Crippen molar-refractivity contribution in [1.29, 1.82) is 0 Å². The first-order valence-corrected chi connectivity index (χ1v) is 9.65. The third-order valence-corrected chi connectivity index (χ3v) is 5.13. The molecule has 0 atom stereocenters. The van der Waals surface area contributed by atoms with Gasteiger partial charge in [-0.05, 0) is 37.1 Å². The van der Waals surface area contributed by atoms with Gasteiger partial charge in [-0.25, -0.2) is 4.98 Å². The van der Waals surface area contributed by atoms with Gasteiger partial charge >= 0.3 is 0 Å². The van der Waals surface area contributed by atoms with Crippen molar-refractivity contribution in [2.75, 3.05) is 25.5 Å². The van der Waals surface area contributed by atoms with E-state index in [9.17, 15) is 4.79 Å². The molecular weight excluding hydrogens is 450 g/mol. The standard InChI is InChI=1S/C18H19Br2N3O2/c1-25-16-2-5-21-17(11-16)22-15-3-6-23(7-4-15)18(24)12-8-13(19)10-14(20)9-12/h2,5,8-11,15H,3-4,6-7H2,1H3,(H,21,22). The summed E-state index contributed by atoms with van der Waals surface area (Å²) < 4.78 is 7.01. The number of ether oxygens (including phenoxy) is 1. The Labute approximate surface area is 164 Å². The van der Waals surface area contributed by atoms with Crippen LogP contribution in [0.3, 0.4) is 0 Å². The highest BCUT2D eigenvalue weighted by Gasteiger charge is 2.24. The first-order valence-electron chi connectivity index (χ1n) is 8.07. The van der Waals surface area contributed by atoms with Crippen LogP contribution in [0.25, 0.3) is 0 Å². The van der Waals surface area contributed by atoms with Crippen LogP contribution in [0, 0.1) is 0 Å². The van der Waals surface area contributed by atoms with E-state index >= 15 is 0 Å². The van der Waals surface area contributed by atoms with Gasteiger partial charge in [-0.3, -0.25) is 4.79 Å². The lowest BCUT2D eigenvalue weighted by atomic mass is 10.0. The molecule has 132 valence electrons. The highest BCUT2D eigenvalue weighted by Crippen LogP contribution is 2.23. The van der Waals surface area contributed by atoms with Crippen molar-refractivity contribution in [3.63, 3.8) is 0 Å². The average Bonchev–Trinajstić information content (AvgIpc) is 2.61. The van der Waals surface area contributed by atoms with E-state index in [0.717, 1.165) is 46.4 Å². The van der Waals surface area contributed by atoms with E-state index in [-0.39, 0.29) is 5.91 Å². The molecule has 0 radical (unpaired) electrons. The molecule has 0 unspecified atom stereocenters. The van der Waals surface area contributed by atoms with Gasteiger partial charge in [0.2, 0.25) is 0 Å². The zero-order valence-electron chi connectivity index (χ0n) is 13.8. The number of piperidine rings is 1. The molecule has 2 heterocycles. The topological polar surface area (TPSA) is 54.5 Å². The predicted octanol–water partition coefficient (Wildman–Crippen LogP) is 4.33. The summed E-state index contributed by atoms with van der Waals surface area (Å²) in [5.74, 6) is 1.66. The maximum absolute atomic E-state index is 12.7. The number of carbonyl (C=O) groups excluding carboxylic acids is 1. The van der Waals surface area contributed by atoms with Gasteiger partial charge in [-0.1, -0.05) is 31.9 Å². The van der Waals surface area contributed by atoms with Crippen LogP contribution in [0.15, 0.2) is 45.5 Å². The summed E-state index contributed by atoms with van der Waals surface area (Å²) in [6, 6.07) is 9.65. The number of likely N-dealkylation sites (tertiary alicyclic amines) is 1. The lowest BCUT2D eigenvalue weighted by molar-refractivity contribution is 0.0718. The van der Waals surface area contributed by atoms with Crippen LogP contribution in [0.1, 0.15) is 23.2 Å². The van der Waals surface area contributed by atoms with Gasteiger partial charge in [0, 0.05) is 45.9 Å². The second kappa shape index (κ2) is 8.19. The molecule has 0 bridgehead atoms. The highest BCUT2D eigenvalue weighted by molar-refractivity contribution is 9.11. The molecule has 1 amide bonds. The summed E-state index contributed by atoms with van der Waals surface area (Å²) in [5, 5.41) is 3.43. The number of nitrogens with zero attached hydrogens (tertiary/aromatic N) is 2. The number of hydrogen-bond donors (Lipinski definition) is 1. The Morgan fingerprint density at radius 3 is 2.52 bits per heavy atom. The van der Waals surface area contributed by atoms with Crippen LogP contribution in [-0.2, 0) is 0 Å². The summed E-state index contributed by atoms with van der Waals surface area (Å²) in [6.07, 6.45) is 3.50. The van der Waals surface area contributed by atoms with Crippen LogP contribution in [0.4, 0.5) is 5.82 Å². The fourth-order valence-electron chi connectivity index (χ4n) is 2.91. The Kier molecular flexibility index (Phi) is 5.96. The summed E-state index contributed by atoms with van der Waals surface area (Å²) >= 11 is 6.87. The molecule has 1 aliphatic rings. The molecular formula is C18H19Br2N3O2. The molecule has 1 aromatic carbocycles. The van der Waals surface area contributed by atoms with E-state index in [1.54, 1.807) is 13.3 Å². The summed E-state index contributed by atoms with van der Waals surface area (Å²) in [4.78, 5) is 18.9. The number of nitrogens with one attached hydrogen (secondary N) is 1. The lowest BCUT2D eigenvalue weighted by Crippen LogP contribution is -2.42. The second-order valence-corrected chi connectivity index (χ2v) is 7.78. The molecule has 5 nitrogen and oxygen atoms in total. The van der Waals surface area contributed by atoms with Crippen molar-refractivity contribution >= 4 is 43.6 Å². The quantitative estimate of drug-likeness (QED) is 0.725. The number of amides is 1. The summed E-state index contributed by atoms with van der Waals surface area (Å²) in [7, 11) is 1.64. The Morgan fingerprint density at radius 2 is 1.88 bits per heavy atom. The smallest absolute Gasteiger partial charge is 0.253 e. The molecule has 1 saturated heterocycles. The number of rotatable bonds is 4. The van der Waals surface area contributed by atoms with Crippen molar-refractivity contribution in [2.24, 2.45) is 0 Å². The van der Waals surface area contributed by atoms with E-state index in [2.05, 4.69) is 42.2 Å². The maximum atomic E-state index is 12.7. The summed E-state index contributed by atoms with van der Waals surface area (Å²) in [6.45, 7) is 1.45. The van der Waals surface area contributed by atoms with Gasteiger partial charge in [0.1, 0.15) is 11.6 Å². The van der Waals surface area contributed by atoms with Gasteiger partial charge in [-0.15, -0.1) is 0 Å². The van der Waals surface area contributed by atoms with Gasteiger partial charge in [-0.2, -0.15) is 0 Å². The zero-order valence-corrected chi connectivity index (χ0v) is 17.0. The molecule has 3 rings (SSSR count). The molecule has 7 heteroatoms. The van der Waals surface area contributed by atoms with Crippen LogP contribution in [0.2, 0.25) is 0 Å². The SMILES string of the molecule is COc1ccnc(NC2CCN(C(=O)c3cc(Br)cc(Br)c3)CC2)c1. The number of benzene rings is 1. The predicted molar refractivity (Wildman–Crippen MR) is 105 cm³/mol. The van der Waals surface area contributed by atoms with Gasteiger partial charge in [0.05, 0.1) is 7.11 Å². The molecule has 1 aromatic heterocycles. The number of halogens is 2. The average molecular weight is 469 g/mol. The minimum absolute atomic E-state index is 0.0694. The summed E-state index contributed by atoms with van der Waals surface area (Å²) in [5.41, 5.74) is 0.696. The van der Waals surface area contributed by atoms with Crippen molar-refractivity contribution in [2.45, 2.75) is 18.9 Å². The minimum atomic E-state index is 0.0694. The maximum Gasteiger partial charge on any atom is 0.253 e. The lowest BCUT2D eigenvalue weighted by Gasteiger charge is -2.32. The Hall–Kier alpha value is -1.60. The largest absolute Gasteiger partial charge is 0.497 e. The van der Waals surface area contributed by atoms with Crippen molar-refractivity contribution in [3.05, 3.63) is 51.0 Å². The van der Waals surface area contributed by atoms with Gasteiger partial charge in [0.25, 0.3) is 5.91 Å². The van der Waals surface area contributed by atoms with E-state index in [0.29, 0.717) is 11.6 Å². The van der Waals surface area contributed by atoms with E-state index in [1.807, 2.05) is 35.2 Å². The van der Waals surface area contributed by atoms with Crippen LogP contribution >= 0.6 is 31.9 Å². The number of pyridine rings is 1. The van der Waals surface area contributed by atoms with Crippen LogP contribution in [0.5, 0.6) is 5.75 Å². The third-order valence-electron chi connectivity index (χ3n) is 4.21. The molecule has 0 aliphatic carbocycles. The monoisotopic (exact) mass is 467 g/mol. The second-order valence-electron chi connectivity index (χ2n) is 5.95. The number of hydrogen-bond acceptors (Lipinski definition) is 4. The number of carbonyl (C=O) groups is 1. The molecule has 1 aliphatic heterocycles. The van der Waals surface area contributed by atoms with Crippen molar-refractivity contribution in [3.8, 4) is 5.75 Å². The van der Waals surface area contributed by atoms with Crippen LogP contribution in [-0.4, -0.2) is 42.0 Å². The number of aromatic nitrogens is 1. The van der Waals surface area contributed by atoms with E-state index in [4.69, 9.17) is 4.74 Å². The molecule has 25 heavy (non-hydrogen) atoms. The fourth-order valence-corrected chi connectivity index (χ4v) is 4.21. The number of anilines is 1. The molecule has 1 N–H and O–H groups in total. The van der Waals surface area contributed by atoms with E-state index in [1.165, 1.54) is 0 Å². The van der Waals surface area contributed by atoms with Gasteiger partial charge in [0.15, 0.2) is 0 Å². The molecule has 0 spiro atoms. The van der Waals surface area contributed by atoms with Gasteiger partial charge < -0.3 is 15.0 Å². The first-order chi connectivity index (χ1) is 12.0. The fraction of sp³-hybridized carbons (Fsp3) is 0.333. The van der Waals surface area contributed by atoms with Crippen LogP contribution < -0.4 is 10.1 Å². The Balaban J connectivity index is 1.58. The molecule has 2 aromatic rings. The Morgan fingerprint density at radius 1 is 1.20 bits per heavy atom. The highest BCUT2D eigenvalue weighted by atomic mass is 79.9. The van der Waals surface area contributed by atoms with Crippen molar-refractivity contribution in [1.82, 2.24) is 9.88 Å². The zero-order chi connectivity index (χ0) is 17.8. The molecule has 1 fully saturated rings. The minimum Gasteiger partial charge on any atom is -0.497 e. The third kappa shape index (κ3) is 4.73. The molecule has 0 saturated carbocycles. The van der Waals surface area contributed by atoms with E-state index < -0.39 is 0 Å². The van der Waals surface area contributed by atoms with Crippen molar-refractivity contribution < 1.29 is 9.53 Å².